The summed E-state index contributed by atoms with van der Waals surface area (Å²) in [5, 5.41) is 13.6. The average molecular weight is 255 g/mol. The molecule has 0 aliphatic heterocycles. The first-order valence-corrected chi connectivity index (χ1v) is 5.71. The van der Waals surface area contributed by atoms with E-state index >= 15 is 0 Å². The van der Waals surface area contributed by atoms with Gasteiger partial charge in [0.2, 0.25) is 0 Å². The number of pyridine rings is 1. The molecule has 0 aliphatic carbocycles. The van der Waals surface area contributed by atoms with E-state index in [1.165, 1.54) is 12.4 Å². The summed E-state index contributed by atoms with van der Waals surface area (Å²) in [5.74, 6) is -0.195. The molecule has 2 rings (SSSR count). The maximum atomic E-state index is 11.8. The van der Waals surface area contributed by atoms with Gasteiger partial charge in [-0.15, -0.1) is 0 Å². The molecular weight excluding hydrogens is 242 g/mol. The minimum atomic E-state index is -0.322. The second-order valence-corrected chi connectivity index (χ2v) is 3.89. The number of carbonyl (C=O) groups is 1. The van der Waals surface area contributed by atoms with E-state index in [1.54, 1.807) is 43.3 Å². The van der Waals surface area contributed by atoms with Crippen molar-refractivity contribution in [2.75, 3.05) is 0 Å². The SMILES string of the molecule is C/C(=N/NC(=O)c1ccncc1)c1ccccc1O. The Hall–Kier alpha value is -2.69. The quantitative estimate of drug-likeness (QED) is 0.650. The van der Waals surface area contributed by atoms with Gasteiger partial charge in [0.25, 0.3) is 5.91 Å². The zero-order valence-corrected chi connectivity index (χ0v) is 10.4. The van der Waals surface area contributed by atoms with Gasteiger partial charge < -0.3 is 5.11 Å². The second kappa shape index (κ2) is 5.77. The van der Waals surface area contributed by atoms with Gasteiger partial charge in [-0.3, -0.25) is 9.78 Å². The fourth-order valence-corrected chi connectivity index (χ4v) is 1.54. The highest BCUT2D eigenvalue weighted by Gasteiger charge is 2.06. The molecule has 0 bridgehead atoms. The fourth-order valence-electron chi connectivity index (χ4n) is 1.54. The molecule has 0 aliphatic rings. The summed E-state index contributed by atoms with van der Waals surface area (Å²) in [7, 11) is 0. The number of phenolic OH excluding ortho intramolecular Hbond substituents is 1. The third kappa shape index (κ3) is 3.16. The minimum absolute atomic E-state index is 0.127. The van der Waals surface area contributed by atoms with E-state index in [4.69, 9.17) is 0 Å². The lowest BCUT2D eigenvalue weighted by Gasteiger charge is -2.04. The molecule has 1 amide bonds. The summed E-state index contributed by atoms with van der Waals surface area (Å²) in [4.78, 5) is 15.6. The van der Waals surface area contributed by atoms with Gasteiger partial charge in [0.1, 0.15) is 5.75 Å². The zero-order chi connectivity index (χ0) is 13.7. The van der Waals surface area contributed by atoms with E-state index in [-0.39, 0.29) is 11.7 Å². The third-order valence-electron chi connectivity index (χ3n) is 2.56. The number of para-hydroxylation sites is 1. The van der Waals surface area contributed by atoms with E-state index in [2.05, 4.69) is 15.5 Å². The number of amides is 1. The summed E-state index contributed by atoms with van der Waals surface area (Å²) >= 11 is 0. The van der Waals surface area contributed by atoms with Crippen molar-refractivity contribution in [3.05, 3.63) is 59.9 Å². The predicted octanol–water partition coefficient (Wildman–Crippen LogP) is 1.94. The van der Waals surface area contributed by atoms with E-state index in [1.807, 2.05) is 0 Å². The van der Waals surface area contributed by atoms with Gasteiger partial charge in [-0.05, 0) is 31.2 Å². The van der Waals surface area contributed by atoms with Crippen LogP contribution in [0.5, 0.6) is 5.75 Å². The number of phenols is 1. The summed E-state index contributed by atoms with van der Waals surface area (Å²) in [5.41, 5.74) is 4.02. The summed E-state index contributed by atoms with van der Waals surface area (Å²) in [6, 6.07) is 10.0. The first kappa shape index (κ1) is 12.8. The normalized spacial score (nSPS) is 11.1. The Morgan fingerprint density at radius 1 is 1.21 bits per heavy atom. The number of hydrogen-bond acceptors (Lipinski definition) is 4. The van der Waals surface area contributed by atoms with Crippen molar-refractivity contribution in [2.24, 2.45) is 5.10 Å². The van der Waals surface area contributed by atoms with E-state index in [9.17, 15) is 9.90 Å². The van der Waals surface area contributed by atoms with Crippen molar-refractivity contribution in [1.29, 1.82) is 0 Å². The van der Waals surface area contributed by atoms with Crippen LogP contribution in [-0.2, 0) is 0 Å². The first-order valence-electron chi connectivity index (χ1n) is 5.71. The molecule has 0 fully saturated rings. The molecule has 1 heterocycles. The van der Waals surface area contributed by atoms with Crippen LogP contribution in [0.4, 0.5) is 0 Å². The second-order valence-electron chi connectivity index (χ2n) is 3.89. The van der Waals surface area contributed by atoms with E-state index in [0.717, 1.165) is 0 Å². The van der Waals surface area contributed by atoms with Crippen LogP contribution in [0, 0.1) is 0 Å². The molecule has 1 aromatic heterocycles. The molecule has 0 atom stereocenters. The lowest BCUT2D eigenvalue weighted by Crippen LogP contribution is -2.19. The van der Waals surface area contributed by atoms with Crippen LogP contribution in [-0.4, -0.2) is 21.7 Å². The molecule has 5 nitrogen and oxygen atoms in total. The maximum absolute atomic E-state index is 11.8. The number of nitrogens with one attached hydrogen (secondary N) is 1. The molecule has 1 aromatic carbocycles. The fraction of sp³-hybridized carbons (Fsp3) is 0.0714. The number of rotatable bonds is 3. The van der Waals surface area contributed by atoms with Crippen molar-refractivity contribution < 1.29 is 9.90 Å². The lowest BCUT2D eigenvalue weighted by molar-refractivity contribution is 0.0954. The van der Waals surface area contributed by atoms with Gasteiger partial charge in [0.05, 0.1) is 5.71 Å². The van der Waals surface area contributed by atoms with Crippen LogP contribution < -0.4 is 5.43 Å². The monoisotopic (exact) mass is 255 g/mol. The van der Waals surface area contributed by atoms with Gasteiger partial charge >= 0.3 is 0 Å². The van der Waals surface area contributed by atoms with E-state index < -0.39 is 0 Å². The van der Waals surface area contributed by atoms with Crippen molar-refractivity contribution >= 4 is 11.6 Å². The van der Waals surface area contributed by atoms with Crippen LogP contribution in [0.2, 0.25) is 0 Å². The van der Waals surface area contributed by atoms with Crippen molar-refractivity contribution in [3.63, 3.8) is 0 Å². The predicted molar refractivity (Wildman–Crippen MR) is 72.0 cm³/mol. The van der Waals surface area contributed by atoms with Gasteiger partial charge in [-0.25, -0.2) is 5.43 Å². The Morgan fingerprint density at radius 3 is 2.58 bits per heavy atom. The smallest absolute Gasteiger partial charge is 0.271 e. The van der Waals surface area contributed by atoms with Crippen LogP contribution in [0.3, 0.4) is 0 Å². The molecule has 96 valence electrons. The molecule has 2 N–H and O–H groups in total. The number of benzene rings is 1. The number of hydrazone groups is 1. The van der Waals surface area contributed by atoms with Crippen molar-refractivity contribution in [3.8, 4) is 5.75 Å². The highest BCUT2D eigenvalue weighted by molar-refractivity contribution is 6.02. The molecule has 0 unspecified atom stereocenters. The van der Waals surface area contributed by atoms with Gasteiger partial charge in [0, 0.05) is 23.5 Å². The van der Waals surface area contributed by atoms with Crippen LogP contribution in [0.15, 0.2) is 53.9 Å². The van der Waals surface area contributed by atoms with Gasteiger partial charge in [-0.1, -0.05) is 12.1 Å². The lowest BCUT2D eigenvalue weighted by atomic mass is 10.1. The number of aromatic nitrogens is 1. The number of aromatic hydroxyl groups is 1. The maximum Gasteiger partial charge on any atom is 0.271 e. The van der Waals surface area contributed by atoms with Crippen LogP contribution >= 0.6 is 0 Å². The minimum Gasteiger partial charge on any atom is -0.507 e. The Kier molecular flexibility index (Phi) is 3.87. The van der Waals surface area contributed by atoms with Crippen molar-refractivity contribution in [2.45, 2.75) is 6.92 Å². The number of carbonyl (C=O) groups excluding carboxylic acids is 1. The molecule has 2 aromatic rings. The Balaban J connectivity index is 2.11. The molecule has 5 heteroatoms. The van der Waals surface area contributed by atoms with Gasteiger partial charge in [-0.2, -0.15) is 5.10 Å². The number of hydrogen-bond donors (Lipinski definition) is 2. The largest absolute Gasteiger partial charge is 0.507 e. The summed E-state index contributed by atoms with van der Waals surface area (Å²) in [6.07, 6.45) is 3.07. The Bertz CT molecular complexity index is 609. The summed E-state index contributed by atoms with van der Waals surface area (Å²) < 4.78 is 0. The molecule has 0 saturated carbocycles. The first-order chi connectivity index (χ1) is 9.18. The van der Waals surface area contributed by atoms with E-state index in [0.29, 0.717) is 16.8 Å². The van der Waals surface area contributed by atoms with Crippen LogP contribution in [0.25, 0.3) is 0 Å². The zero-order valence-electron chi connectivity index (χ0n) is 10.4. The highest BCUT2D eigenvalue weighted by atomic mass is 16.3. The molecule has 0 saturated heterocycles. The average Bonchev–Trinajstić information content (AvgIpc) is 2.46. The molecule has 0 spiro atoms. The highest BCUT2D eigenvalue weighted by Crippen LogP contribution is 2.16. The van der Waals surface area contributed by atoms with Crippen molar-refractivity contribution in [1.82, 2.24) is 10.4 Å². The molecular formula is C14H13N3O2. The Morgan fingerprint density at radius 2 is 1.89 bits per heavy atom. The summed E-state index contributed by atoms with van der Waals surface area (Å²) in [6.45, 7) is 1.71. The topological polar surface area (TPSA) is 74.6 Å². The third-order valence-corrected chi connectivity index (χ3v) is 2.56. The van der Waals surface area contributed by atoms with Crippen LogP contribution in [0.1, 0.15) is 22.8 Å². The van der Waals surface area contributed by atoms with Gasteiger partial charge in [0.15, 0.2) is 0 Å². The molecule has 0 radical (unpaired) electrons. The Labute approximate surface area is 110 Å². The standard InChI is InChI=1S/C14H13N3O2/c1-10(12-4-2-3-5-13(12)18)16-17-14(19)11-6-8-15-9-7-11/h2-9,18H,1H3,(H,17,19)/b16-10-. The number of nitrogens with zero attached hydrogens (tertiary/aromatic N) is 2. The molecule has 19 heavy (non-hydrogen) atoms.